The fourth-order valence-corrected chi connectivity index (χ4v) is 1.20. The number of aromatic nitrogens is 2. The molecule has 7 nitrogen and oxygen atoms in total. The zero-order valence-corrected chi connectivity index (χ0v) is 9.21. The average molecular weight is 251 g/mol. The Labute approximate surface area is 101 Å². The Morgan fingerprint density at radius 3 is 2.83 bits per heavy atom. The van der Waals surface area contributed by atoms with Gasteiger partial charge in [-0.1, -0.05) is 23.4 Å². The standard InChI is InChI=1S/C10H10FN5O2/c11-7-4-2-1-3-6(7)5-17-15-9(12)8-10(13)16-18-14-8/h1-4H,5H2,(H2,12,15)(H2,13,16). The first-order valence-electron chi connectivity index (χ1n) is 4.95. The first-order chi connectivity index (χ1) is 8.68. The largest absolute Gasteiger partial charge is 0.389 e. The summed E-state index contributed by atoms with van der Waals surface area (Å²) in [6, 6.07) is 6.17. The number of hydrogen-bond donors (Lipinski definition) is 2. The van der Waals surface area contributed by atoms with E-state index in [4.69, 9.17) is 16.3 Å². The molecular formula is C10H10FN5O2. The van der Waals surface area contributed by atoms with Gasteiger partial charge in [0.15, 0.2) is 17.3 Å². The molecule has 18 heavy (non-hydrogen) atoms. The number of hydrogen-bond acceptors (Lipinski definition) is 6. The molecule has 0 saturated heterocycles. The summed E-state index contributed by atoms with van der Waals surface area (Å²) in [4.78, 5) is 4.90. The lowest BCUT2D eigenvalue weighted by Crippen LogP contribution is -2.16. The molecule has 0 amide bonds. The van der Waals surface area contributed by atoms with Crippen molar-refractivity contribution < 1.29 is 13.9 Å². The van der Waals surface area contributed by atoms with Crippen molar-refractivity contribution in [1.82, 2.24) is 10.3 Å². The molecule has 1 aromatic carbocycles. The van der Waals surface area contributed by atoms with Gasteiger partial charge in [0.05, 0.1) is 0 Å². The van der Waals surface area contributed by atoms with Crippen molar-refractivity contribution in [2.24, 2.45) is 10.9 Å². The number of nitrogens with two attached hydrogens (primary N) is 2. The summed E-state index contributed by atoms with van der Waals surface area (Å²) in [5.74, 6) is -0.468. The fraction of sp³-hybridized carbons (Fsp3) is 0.100. The van der Waals surface area contributed by atoms with Crippen LogP contribution in [0.15, 0.2) is 34.1 Å². The van der Waals surface area contributed by atoms with E-state index < -0.39 is 0 Å². The molecule has 0 aliphatic heterocycles. The number of nitrogens with zero attached hydrogens (tertiary/aromatic N) is 3. The van der Waals surface area contributed by atoms with Crippen LogP contribution in [-0.4, -0.2) is 16.1 Å². The lowest BCUT2D eigenvalue weighted by Gasteiger charge is -2.01. The van der Waals surface area contributed by atoms with E-state index in [1.54, 1.807) is 18.2 Å². The van der Waals surface area contributed by atoms with Crippen molar-refractivity contribution in [3.63, 3.8) is 0 Å². The lowest BCUT2D eigenvalue weighted by molar-refractivity contribution is 0.127. The molecule has 2 rings (SSSR count). The molecule has 0 saturated carbocycles. The summed E-state index contributed by atoms with van der Waals surface area (Å²) in [7, 11) is 0. The normalized spacial score (nSPS) is 11.5. The van der Waals surface area contributed by atoms with Crippen LogP contribution in [0.1, 0.15) is 11.3 Å². The van der Waals surface area contributed by atoms with Gasteiger partial charge in [0.2, 0.25) is 0 Å². The Balaban J connectivity index is 2.00. The smallest absolute Gasteiger partial charge is 0.199 e. The van der Waals surface area contributed by atoms with Crippen molar-refractivity contribution in [3.8, 4) is 0 Å². The second-order valence-electron chi connectivity index (χ2n) is 3.34. The van der Waals surface area contributed by atoms with Crippen LogP contribution in [-0.2, 0) is 11.4 Å². The Morgan fingerprint density at radius 2 is 2.17 bits per heavy atom. The van der Waals surface area contributed by atoms with E-state index in [0.717, 1.165) is 0 Å². The van der Waals surface area contributed by atoms with E-state index in [1.165, 1.54) is 6.07 Å². The van der Waals surface area contributed by atoms with Gasteiger partial charge in [0.1, 0.15) is 12.4 Å². The summed E-state index contributed by atoms with van der Waals surface area (Å²) in [6.45, 7) is -0.0570. The molecule has 0 aliphatic rings. The Kier molecular flexibility index (Phi) is 3.37. The van der Waals surface area contributed by atoms with E-state index in [-0.39, 0.29) is 29.8 Å². The zero-order valence-electron chi connectivity index (χ0n) is 9.21. The first kappa shape index (κ1) is 11.8. The van der Waals surface area contributed by atoms with Crippen molar-refractivity contribution in [2.45, 2.75) is 6.61 Å². The van der Waals surface area contributed by atoms with E-state index in [2.05, 4.69) is 20.1 Å². The maximum absolute atomic E-state index is 13.2. The summed E-state index contributed by atoms with van der Waals surface area (Å²) in [5, 5.41) is 10.3. The fourth-order valence-electron chi connectivity index (χ4n) is 1.20. The predicted molar refractivity (Wildman–Crippen MR) is 60.6 cm³/mol. The minimum atomic E-state index is -0.381. The second kappa shape index (κ2) is 5.13. The van der Waals surface area contributed by atoms with Gasteiger partial charge in [-0.25, -0.2) is 9.02 Å². The summed E-state index contributed by atoms with van der Waals surface area (Å²) in [6.07, 6.45) is 0. The molecule has 0 bridgehead atoms. The molecule has 0 fully saturated rings. The number of benzene rings is 1. The molecule has 0 radical (unpaired) electrons. The third-order valence-corrected chi connectivity index (χ3v) is 2.10. The predicted octanol–water partition coefficient (Wildman–Crippen LogP) is 0.628. The molecule has 0 aliphatic carbocycles. The van der Waals surface area contributed by atoms with Gasteiger partial charge in [-0.2, -0.15) is 0 Å². The molecule has 1 aromatic heterocycles. The highest BCUT2D eigenvalue weighted by Gasteiger charge is 2.11. The number of oxime groups is 1. The maximum atomic E-state index is 13.2. The maximum Gasteiger partial charge on any atom is 0.199 e. The molecule has 1 heterocycles. The Hall–Kier alpha value is -2.64. The van der Waals surface area contributed by atoms with Crippen molar-refractivity contribution in [3.05, 3.63) is 41.3 Å². The third-order valence-electron chi connectivity index (χ3n) is 2.10. The van der Waals surface area contributed by atoms with Crippen LogP contribution in [0.5, 0.6) is 0 Å². The quantitative estimate of drug-likeness (QED) is 0.468. The van der Waals surface area contributed by atoms with Gasteiger partial charge in [-0.15, -0.1) is 0 Å². The molecule has 94 valence electrons. The molecular weight excluding hydrogens is 241 g/mol. The second-order valence-corrected chi connectivity index (χ2v) is 3.34. The average Bonchev–Trinajstić information content (AvgIpc) is 2.78. The lowest BCUT2D eigenvalue weighted by atomic mass is 10.2. The number of nitrogen functional groups attached to an aromatic ring is 1. The minimum absolute atomic E-state index is 0.00532. The molecule has 2 aromatic rings. The van der Waals surface area contributed by atoms with E-state index >= 15 is 0 Å². The van der Waals surface area contributed by atoms with Crippen LogP contribution < -0.4 is 11.5 Å². The van der Waals surface area contributed by atoms with Crippen LogP contribution in [0.25, 0.3) is 0 Å². The summed E-state index contributed by atoms with van der Waals surface area (Å²) in [5.41, 5.74) is 11.4. The number of amidine groups is 1. The van der Waals surface area contributed by atoms with Crippen LogP contribution in [0, 0.1) is 5.82 Å². The van der Waals surface area contributed by atoms with Gasteiger partial charge >= 0.3 is 0 Å². The number of anilines is 1. The van der Waals surface area contributed by atoms with Gasteiger partial charge in [-0.3, -0.25) is 0 Å². The van der Waals surface area contributed by atoms with Crippen LogP contribution in [0.2, 0.25) is 0 Å². The van der Waals surface area contributed by atoms with Gasteiger partial charge < -0.3 is 16.3 Å². The molecule has 0 atom stereocenters. The van der Waals surface area contributed by atoms with E-state index in [1.807, 2.05) is 0 Å². The third kappa shape index (κ3) is 2.54. The number of halogens is 1. The highest BCUT2D eigenvalue weighted by molar-refractivity contribution is 5.98. The van der Waals surface area contributed by atoms with Gasteiger partial charge in [0.25, 0.3) is 0 Å². The Morgan fingerprint density at radius 1 is 1.39 bits per heavy atom. The van der Waals surface area contributed by atoms with Gasteiger partial charge in [0, 0.05) is 5.56 Å². The first-order valence-corrected chi connectivity index (χ1v) is 4.95. The van der Waals surface area contributed by atoms with Crippen LogP contribution >= 0.6 is 0 Å². The number of rotatable bonds is 4. The van der Waals surface area contributed by atoms with Crippen LogP contribution in [0.4, 0.5) is 10.2 Å². The van der Waals surface area contributed by atoms with Crippen LogP contribution in [0.3, 0.4) is 0 Å². The van der Waals surface area contributed by atoms with E-state index in [0.29, 0.717) is 5.56 Å². The van der Waals surface area contributed by atoms with Crippen molar-refractivity contribution in [1.29, 1.82) is 0 Å². The van der Waals surface area contributed by atoms with E-state index in [9.17, 15) is 4.39 Å². The highest BCUT2D eigenvalue weighted by Crippen LogP contribution is 2.08. The van der Waals surface area contributed by atoms with Crippen molar-refractivity contribution >= 4 is 11.7 Å². The molecule has 0 spiro atoms. The summed E-state index contributed by atoms with van der Waals surface area (Å²) < 4.78 is 17.6. The SMILES string of the molecule is N/C(=N\OCc1ccccc1F)c1nonc1N. The molecule has 8 heteroatoms. The zero-order chi connectivity index (χ0) is 13.0. The molecule has 4 N–H and O–H groups in total. The monoisotopic (exact) mass is 251 g/mol. The Bertz CT molecular complexity index is 569. The van der Waals surface area contributed by atoms with Crippen molar-refractivity contribution in [2.75, 3.05) is 5.73 Å². The van der Waals surface area contributed by atoms with Gasteiger partial charge in [-0.05, 0) is 16.4 Å². The minimum Gasteiger partial charge on any atom is -0.389 e. The topological polar surface area (TPSA) is 113 Å². The highest BCUT2D eigenvalue weighted by atomic mass is 19.1. The molecule has 0 unspecified atom stereocenters. The summed E-state index contributed by atoms with van der Waals surface area (Å²) >= 11 is 0.